The van der Waals surface area contributed by atoms with Crippen molar-refractivity contribution >= 4 is 16.9 Å². The van der Waals surface area contributed by atoms with Crippen molar-refractivity contribution < 1.29 is 19.1 Å². The summed E-state index contributed by atoms with van der Waals surface area (Å²) in [6, 6.07) is 4.85. The minimum absolute atomic E-state index is 0.113. The molecule has 0 bridgehead atoms. The van der Waals surface area contributed by atoms with Gasteiger partial charge >= 0.3 is 5.97 Å². The summed E-state index contributed by atoms with van der Waals surface area (Å²) < 4.78 is 62.0. The van der Waals surface area contributed by atoms with Gasteiger partial charge < -0.3 is 14.6 Å². The summed E-state index contributed by atoms with van der Waals surface area (Å²) in [6.07, 6.45) is 19.6. The van der Waals surface area contributed by atoms with Gasteiger partial charge in [0.05, 0.1) is 0 Å². The number of hydrogen-bond donors (Lipinski definition) is 1. The number of hydrogen-bond acceptors (Lipinski definition) is 3. The first kappa shape index (κ1) is 18.9. The molecule has 1 N–H and O–H groups in total. The fraction of sp³-hybridized carbons (Fsp3) is 0.567. The first-order valence-corrected chi connectivity index (χ1v) is 12.7. The molecule has 0 amide bonds. The zero-order chi connectivity index (χ0) is 30.5. The topological polar surface area (TPSA) is 45.3 Å². The molecule has 0 unspecified atom stereocenters. The van der Waals surface area contributed by atoms with Crippen LogP contribution in [-0.2, 0) is 11.2 Å². The summed E-state index contributed by atoms with van der Waals surface area (Å²) in [6.45, 7) is -3.52. The highest BCUT2D eigenvalue weighted by Gasteiger charge is 2.13. The maximum absolute atomic E-state index is 12.6. The Morgan fingerprint density at radius 2 is 1.79 bits per heavy atom. The number of likely N-dealkylation sites (N-methyl/N-ethyl adjacent to an activating group) is 1. The van der Waals surface area contributed by atoms with E-state index in [-0.39, 0.29) is 23.1 Å². The third kappa shape index (κ3) is 11.2. The lowest BCUT2D eigenvalue weighted by atomic mass is 10.1. The van der Waals surface area contributed by atoms with Crippen molar-refractivity contribution in [3.63, 3.8) is 0 Å². The monoisotopic (exact) mass is 473 g/mol. The lowest BCUT2D eigenvalue weighted by molar-refractivity contribution is -0.134. The van der Waals surface area contributed by atoms with E-state index >= 15 is 0 Å². The molecule has 0 spiro atoms. The zero-order valence-corrected chi connectivity index (χ0v) is 20.9. The van der Waals surface area contributed by atoms with Gasteiger partial charge in [0.15, 0.2) is 0 Å². The molecule has 2 aromatic rings. The number of ether oxygens (including phenoxy) is 1. The molecule has 34 heavy (non-hydrogen) atoms. The van der Waals surface area contributed by atoms with E-state index in [1.165, 1.54) is 37.9 Å². The lowest BCUT2D eigenvalue weighted by Gasteiger charge is -2.10. The van der Waals surface area contributed by atoms with Crippen LogP contribution in [0.3, 0.4) is 0 Å². The van der Waals surface area contributed by atoms with Crippen LogP contribution in [0.4, 0.5) is 0 Å². The number of unbranched alkanes of at least 4 members (excludes halogenated alkanes) is 8. The Hall–Kier alpha value is -2.33. The molecular formula is C30H46N2O2. The number of carbonyl (C=O) groups excluding carboxylic acids is 1. The van der Waals surface area contributed by atoms with Gasteiger partial charge in [-0.1, -0.05) is 69.4 Å². The largest absolute Gasteiger partial charge is 0.426 e. The molecule has 0 aliphatic rings. The number of aromatic nitrogens is 1. The number of nitrogens with one attached hydrogen (secondary N) is 1. The van der Waals surface area contributed by atoms with Crippen LogP contribution < -0.4 is 4.74 Å². The molecule has 0 fully saturated rings. The first-order valence-electron chi connectivity index (χ1n) is 16.2. The minimum Gasteiger partial charge on any atom is -0.426 e. The second-order valence-corrected chi connectivity index (χ2v) is 8.63. The number of esters is 1. The Balaban J connectivity index is 1.84. The summed E-state index contributed by atoms with van der Waals surface area (Å²) >= 11 is 0. The third-order valence-corrected chi connectivity index (χ3v) is 5.58. The van der Waals surface area contributed by atoms with Crippen molar-refractivity contribution in [1.29, 1.82) is 0 Å². The molecule has 0 aliphatic carbocycles. The van der Waals surface area contributed by atoms with Gasteiger partial charge in [0.25, 0.3) is 0 Å². The first-order chi connectivity index (χ1) is 19.3. The van der Waals surface area contributed by atoms with Crippen LogP contribution in [-0.4, -0.2) is 36.4 Å². The van der Waals surface area contributed by atoms with E-state index in [0.717, 1.165) is 45.6 Å². The number of fused-ring (bicyclic) bond motifs is 1. The molecule has 0 aliphatic heterocycles. The fourth-order valence-corrected chi connectivity index (χ4v) is 3.73. The molecule has 4 nitrogen and oxygen atoms in total. The van der Waals surface area contributed by atoms with Crippen molar-refractivity contribution in [2.75, 3.05) is 20.5 Å². The second kappa shape index (κ2) is 17.2. The van der Waals surface area contributed by atoms with E-state index in [4.69, 9.17) is 14.3 Å². The molecule has 2 rings (SSSR count). The van der Waals surface area contributed by atoms with E-state index in [1.807, 2.05) is 0 Å². The summed E-state index contributed by atoms with van der Waals surface area (Å²) in [5, 5.41) is 0.216. The summed E-state index contributed by atoms with van der Waals surface area (Å²) in [4.78, 5) is 15.9. The van der Waals surface area contributed by atoms with Crippen molar-refractivity contribution in [2.45, 2.75) is 90.3 Å². The smallest absolute Gasteiger partial charge is 0.311 e. The second-order valence-electron chi connectivity index (χ2n) is 8.63. The summed E-state index contributed by atoms with van der Waals surface area (Å²) in [7, 11) is 1.02. The standard InChI is InChI=1S/C30H46N2O2/c1-4-5-6-7-8-9-10-11-12-13-14-15-16-17-18-22-29(33)34-28-21-19-20-27-30(28)26(25-31-27)23-24-32(2)3/h8-9,11-12,19-21,25,31H,4-7,10,13-18,22-24H2,1-3H3/b9-8-,12-11-/i2D3,23D2,24D2. The van der Waals surface area contributed by atoms with Crippen LogP contribution in [0.1, 0.15) is 99.1 Å². The Labute approximate surface area is 217 Å². The number of carbonyl (C=O) groups is 1. The Bertz CT molecular complexity index is 1140. The normalized spacial score (nSPS) is 16.3. The number of nitrogens with zero attached hydrogens (tertiary/aromatic N) is 1. The highest BCUT2D eigenvalue weighted by Crippen LogP contribution is 2.29. The molecule has 0 saturated carbocycles. The summed E-state index contributed by atoms with van der Waals surface area (Å²) in [5.74, 6) is -0.332. The van der Waals surface area contributed by atoms with Gasteiger partial charge in [-0.25, -0.2) is 0 Å². The average molecular weight is 474 g/mol. The molecule has 0 atom stereocenters. The fourth-order valence-electron chi connectivity index (χ4n) is 3.73. The van der Waals surface area contributed by atoms with Crippen molar-refractivity contribution in [3.05, 3.63) is 54.3 Å². The van der Waals surface area contributed by atoms with Gasteiger partial charge in [-0.05, 0) is 76.6 Å². The van der Waals surface area contributed by atoms with Gasteiger partial charge in [0.2, 0.25) is 0 Å². The van der Waals surface area contributed by atoms with Crippen LogP contribution in [0.25, 0.3) is 10.9 Å². The van der Waals surface area contributed by atoms with Crippen molar-refractivity contribution in [3.8, 4) is 5.75 Å². The van der Waals surface area contributed by atoms with Crippen LogP contribution >= 0.6 is 0 Å². The number of aryl methyl sites for hydroxylation is 1. The molecule has 1 aromatic heterocycles. The van der Waals surface area contributed by atoms with E-state index in [9.17, 15) is 4.79 Å². The maximum Gasteiger partial charge on any atom is 0.311 e. The molecular weight excluding hydrogens is 420 g/mol. The molecule has 1 aromatic carbocycles. The zero-order valence-electron chi connectivity index (χ0n) is 27.9. The van der Waals surface area contributed by atoms with E-state index in [0.29, 0.717) is 16.8 Å². The average Bonchev–Trinajstić information content (AvgIpc) is 3.36. The molecule has 0 saturated heterocycles. The van der Waals surface area contributed by atoms with Gasteiger partial charge in [0, 0.05) is 39.6 Å². The van der Waals surface area contributed by atoms with E-state index in [2.05, 4.69) is 36.2 Å². The van der Waals surface area contributed by atoms with Gasteiger partial charge in [-0.2, -0.15) is 0 Å². The predicted molar refractivity (Wildman–Crippen MR) is 146 cm³/mol. The highest BCUT2D eigenvalue weighted by atomic mass is 16.5. The molecule has 0 radical (unpaired) electrons. The number of allylic oxidation sites excluding steroid dienone is 4. The van der Waals surface area contributed by atoms with Crippen LogP contribution in [0.5, 0.6) is 5.75 Å². The van der Waals surface area contributed by atoms with Crippen LogP contribution in [0.15, 0.2) is 48.7 Å². The molecule has 4 heteroatoms. The minimum atomic E-state index is -2.88. The predicted octanol–water partition coefficient (Wildman–Crippen LogP) is 7.99. The number of rotatable bonds is 18. The number of H-pyrrole nitrogens is 1. The Kier molecular flexibility index (Phi) is 9.55. The quantitative estimate of drug-likeness (QED) is 0.103. The third-order valence-electron chi connectivity index (χ3n) is 5.58. The molecule has 188 valence electrons. The SMILES string of the molecule is [2H]C([2H])([2H])N(C)C([2H])([2H])C([2H])([2H])c1c[nH]c2cccc(OC(=O)CCCCCCC/C=C\C/C=C\CCCCC)c12. The van der Waals surface area contributed by atoms with Crippen LogP contribution in [0.2, 0.25) is 0 Å². The van der Waals surface area contributed by atoms with Crippen molar-refractivity contribution in [2.24, 2.45) is 0 Å². The van der Waals surface area contributed by atoms with Gasteiger partial charge in [-0.3, -0.25) is 4.79 Å². The highest BCUT2D eigenvalue weighted by molar-refractivity contribution is 5.91. The Morgan fingerprint density at radius 3 is 2.56 bits per heavy atom. The van der Waals surface area contributed by atoms with E-state index in [1.54, 1.807) is 12.1 Å². The van der Waals surface area contributed by atoms with Crippen molar-refractivity contribution in [1.82, 2.24) is 9.88 Å². The van der Waals surface area contributed by atoms with Gasteiger partial charge in [-0.15, -0.1) is 0 Å². The van der Waals surface area contributed by atoms with Gasteiger partial charge in [0.1, 0.15) is 5.75 Å². The van der Waals surface area contributed by atoms with Crippen LogP contribution in [0, 0.1) is 0 Å². The number of benzene rings is 1. The number of aromatic amines is 1. The lowest BCUT2D eigenvalue weighted by Crippen LogP contribution is -2.15. The Morgan fingerprint density at radius 1 is 1.06 bits per heavy atom. The van der Waals surface area contributed by atoms with E-state index < -0.39 is 25.8 Å². The summed E-state index contributed by atoms with van der Waals surface area (Å²) in [5.41, 5.74) is 0.340. The molecule has 1 heterocycles. The maximum atomic E-state index is 12.6.